The molecule has 4 nitrogen and oxygen atoms in total. The van der Waals surface area contributed by atoms with Gasteiger partial charge in [0.2, 0.25) is 0 Å². The topological polar surface area (TPSA) is 63.0 Å². The van der Waals surface area contributed by atoms with Crippen molar-refractivity contribution >= 4 is 39.1 Å². The summed E-state index contributed by atoms with van der Waals surface area (Å²) >= 11 is 2.57. The zero-order chi connectivity index (χ0) is 23.1. The van der Waals surface area contributed by atoms with Gasteiger partial charge in [-0.3, -0.25) is 4.79 Å². The van der Waals surface area contributed by atoms with E-state index in [1.165, 1.54) is 29.2 Å². The minimum absolute atomic E-state index is 0.0152. The molecule has 0 aliphatic heterocycles. The predicted octanol–water partition coefficient (Wildman–Crippen LogP) is 6.50. The summed E-state index contributed by atoms with van der Waals surface area (Å²) in [7, 11) is 0. The van der Waals surface area contributed by atoms with E-state index in [2.05, 4.69) is 16.8 Å². The number of ketones is 1. The Bertz CT molecular complexity index is 1200. The van der Waals surface area contributed by atoms with Crippen molar-refractivity contribution in [1.82, 2.24) is 4.98 Å². The van der Waals surface area contributed by atoms with E-state index < -0.39 is 11.7 Å². The number of carbonyl (C=O) groups excluding carboxylic acids is 1. The Morgan fingerprint density at radius 1 is 1.25 bits per heavy atom. The molecule has 1 unspecified atom stereocenters. The lowest BCUT2D eigenvalue weighted by Gasteiger charge is -2.14. The highest BCUT2D eigenvalue weighted by Gasteiger charge is 2.30. The summed E-state index contributed by atoms with van der Waals surface area (Å²) in [5.41, 5.74) is -0.156. The lowest BCUT2D eigenvalue weighted by atomic mass is 10.1. The Kier molecular flexibility index (Phi) is 7.79. The third-order valence-electron chi connectivity index (χ3n) is 4.25. The van der Waals surface area contributed by atoms with Gasteiger partial charge in [-0.15, -0.1) is 11.3 Å². The molecule has 0 aliphatic carbocycles. The molecule has 0 radical (unpaired) electrons. The van der Waals surface area contributed by atoms with Crippen LogP contribution < -0.4 is 4.74 Å². The summed E-state index contributed by atoms with van der Waals surface area (Å²) in [5.74, 6) is 5.48. The molecule has 0 saturated heterocycles. The first-order valence-corrected chi connectivity index (χ1v) is 11.2. The van der Waals surface area contributed by atoms with Crippen LogP contribution in [0.3, 0.4) is 0 Å². The van der Waals surface area contributed by atoms with Crippen molar-refractivity contribution in [2.45, 2.75) is 47.7 Å². The number of carbonyl (C=O) groups is 1. The van der Waals surface area contributed by atoms with E-state index in [0.29, 0.717) is 26.7 Å². The first-order chi connectivity index (χ1) is 15.2. The zero-order valence-corrected chi connectivity index (χ0v) is 18.5. The number of hydrogen-bond acceptors (Lipinski definition) is 6. The Hall–Kier alpha value is -3.01. The molecule has 0 fully saturated rings. The maximum absolute atomic E-state index is 12.9. The lowest BCUT2D eigenvalue weighted by Crippen LogP contribution is -2.16. The van der Waals surface area contributed by atoms with Gasteiger partial charge in [0.1, 0.15) is 17.6 Å². The van der Waals surface area contributed by atoms with Crippen LogP contribution in [0.25, 0.3) is 10.2 Å². The van der Waals surface area contributed by atoms with E-state index in [-0.39, 0.29) is 24.7 Å². The van der Waals surface area contributed by atoms with Crippen molar-refractivity contribution in [3.63, 3.8) is 0 Å². The molecule has 1 aromatic heterocycles. The largest absolute Gasteiger partial charge is 0.490 e. The number of nitrogens with zero attached hydrogens (tertiary/aromatic N) is 2. The molecule has 164 valence electrons. The average Bonchev–Trinajstić information content (AvgIpc) is 3.13. The molecule has 0 N–H and O–H groups in total. The van der Waals surface area contributed by atoms with Gasteiger partial charge < -0.3 is 4.74 Å². The van der Waals surface area contributed by atoms with Crippen LogP contribution in [0.4, 0.5) is 13.2 Å². The van der Waals surface area contributed by atoms with Crippen molar-refractivity contribution < 1.29 is 22.7 Å². The van der Waals surface area contributed by atoms with Crippen LogP contribution in [-0.2, 0) is 11.0 Å². The first-order valence-electron chi connectivity index (χ1n) is 9.55. The van der Waals surface area contributed by atoms with Gasteiger partial charge in [-0.25, -0.2) is 4.98 Å². The Morgan fingerprint density at radius 2 is 2.00 bits per heavy atom. The molecule has 0 amide bonds. The number of fused-ring (bicyclic) bond motifs is 1. The highest BCUT2D eigenvalue weighted by atomic mass is 32.2. The van der Waals surface area contributed by atoms with Crippen molar-refractivity contribution in [1.29, 1.82) is 5.26 Å². The Morgan fingerprint density at radius 3 is 2.69 bits per heavy atom. The van der Waals surface area contributed by atoms with Gasteiger partial charge in [0, 0.05) is 30.1 Å². The zero-order valence-electron chi connectivity index (χ0n) is 16.9. The first kappa shape index (κ1) is 23.6. The molecule has 1 heterocycles. The number of thiazole rings is 1. The fourth-order valence-corrected chi connectivity index (χ4v) is 4.89. The van der Waals surface area contributed by atoms with Crippen LogP contribution in [0.15, 0.2) is 51.7 Å². The molecule has 0 aliphatic rings. The standard InChI is InChI=1S/C23H17F3N2O2S2/c1-15(13-17(29)5-3-2-4-12-27)30-18-7-9-19(10-8-18)31-22-28-20-11-6-16(23(24,25)26)14-21(20)32-22/h6-11,14-15H,3,5,13H2,1H3. The van der Waals surface area contributed by atoms with E-state index in [0.717, 1.165) is 17.0 Å². The Labute approximate surface area is 191 Å². The average molecular weight is 475 g/mol. The number of nitriles is 1. The molecular formula is C23H17F3N2O2S2. The van der Waals surface area contributed by atoms with Crippen LogP contribution in [0.1, 0.15) is 31.7 Å². The highest BCUT2D eigenvalue weighted by Crippen LogP contribution is 2.38. The van der Waals surface area contributed by atoms with Gasteiger partial charge in [-0.05, 0) is 49.4 Å². The second kappa shape index (κ2) is 10.5. The van der Waals surface area contributed by atoms with Crippen LogP contribution in [0.5, 0.6) is 5.75 Å². The highest BCUT2D eigenvalue weighted by molar-refractivity contribution is 8.01. The van der Waals surface area contributed by atoms with Gasteiger partial charge in [-0.1, -0.05) is 17.7 Å². The van der Waals surface area contributed by atoms with Gasteiger partial charge in [0.15, 0.2) is 10.4 Å². The van der Waals surface area contributed by atoms with Crippen LogP contribution >= 0.6 is 23.1 Å². The molecule has 3 aromatic rings. The number of benzene rings is 2. The van der Waals surface area contributed by atoms with Gasteiger partial charge in [0.25, 0.3) is 0 Å². The molecule has 0 saturated carbocycles. The van der Waals surface area contributed by atoms with Gasteiger partial charge >= 0.3 is 6.18 Å². The molecule has 2 aromatic carbocycles. The van der Waals surface area contributed by atoms with Crippen LogP contribution in [0.2, 0.25) is 0 Å². The summed E-state index contributed by atoms with van der Waals surface area (Å²) in [6, 6.07) is 12.5. The lowest BCUT2D eigenvalue weighted by molar-refractivity contribution is -0.137. The van der Waals surface area contributed by atoms with E-state index in [1.807, 2.05) is 12.1 Å². The van der Waals surface area contributed by atoms with E-state index >= 15 is 0 Å². The fraction of sp³-hybridized carbons (Fsp3) is 0.261. The number of ether oxygens (including phenoxy) is 1. The van der Waals surface area contributed by atoms with Crippen molar-refractivity contribution in [3.8, 4) is 23.7 Å². The number of rotatable bonds is 8. The molecule has 3 rings (SSSR count). The third kappa shape index (κ3) is 6.74. The molecule has 0 bridgehead atoms. The number of alkyl halides is 3. The van der Waals surface area contributed by atoms with E-state index in [4.69, 9.17) is 10.00 Å². The smallest absolute Gasteiger partial charge is 0.416 e. The fourth-order valence-electron chi connectivity index (χ4n) is 2.81. The number of halogens is 3. The summed E-state index contributed by atoms with van der Waals surface area (Å²) < 4.78 is 45.6. The molecular weight excluding hydrogens is 457 g/mol. The molecule has 1 atom stereocenters. The van der Waals surface area contributed by atoms with Gasteiger partial charge in [-0.2, -0.15) is 18.4 Å². The summed E-state index contributed by atoms with van der Waals surface area (Å²) in [5, 5.41) is 8.34. The second-order valence-electron chi connectivity index (χ2n) is 6.82. The van der Waals surface area contributed by atoms with Crippen molar-refractivity contribution in [3.05, 3.63) is 48.0 Å². The maximum Gasteiger partial charge on any atom is 0.416 e. The maximum atomic E-state index is 12.9. The molecule has 0 spiro atoms. The minimum Gasteiger partial charge on any atom is -0.490 e. The monoisotopic (exact) mass is 474 g/mol. The van der Waals surface area contributed by atoms with Crippen LogP contribution in [0, 0.1) is 23.2 Å². The normalized spacial score (nSPS) is 12.0. The molecule has 9 heteroatoms. The quantitative estimate of drug-likeness (QED) is 0.349. The number of Topliss-reactive ketones (excluding diaryl/α,β-unsaturated/α-hetero) is 1. The van der Waals surface area contributed by atoms with E-state index in [1.54, 1.807) is 25.1 Å². The van der Waals surface area contributed by atoms with Crippen molar-refractivity contribution in [2.24, 2.45) is 0 Å². The van der Waals surface area contributed by atoms with E-state index in [9.17, 15) is 18.0 Å². The van der Waals surface area contributed by atoms with Gasteiger partial charge in [0.05, 0.1) is 15.8 Å². The van der Waals surface area contributed by atoms with Crippen LogP contribution in [-0.4, -0.2) is 16.9 Å². The number of hydrogen-bond donors (Lipinski definition) is 0. The second-order valence-corrected chi connectivity index (χ2v) is 9.17. The number of aromatic nitrogens is 1. The Balaban J connectivity index is 1.56. The molecule has 32 heavy (non-hydrogen) atoms. The SMILES string of the molecule is CC(CC(=O)CCC#CC#N)Oc1ccc(Sc2nc3ccc(C(F)(F)F)cc3s2)cc1. The minimum atomic E-state index is -4.38. The summed E-state index contributed by atoms with van der Waals surface area (Å²) in [6.07, 6.45) is -3.80. The summed E-state index contributed by atoms with van der Waals surface area (Å²) in [6.45, 7) is 1.80. The summed E-state index contributed by atoms with van der Waals surface area (Å²) in [4.78, 5) is 17.2. The van der Waals surface area contributed by atoms with Crippen molar-refractivity contribution in [2.75, 3.05) is 0 Å². The third-order valence-corrected chi connectivity index (χ3v) is 6.34. The predicted molar refractivity (Wildman–Crippen MR) is 118 cm³/mol.